The number of amides is 2. The van der Waals surface area contributed by atoms with Crippen molar-refractivity contribution in [1.82, 2.24) is 15.5 Å². The maximum absolute atomic E-state index is 12.9. The molecule has 2 amide bonds. The highest BCUT2D eigenvalue weighted by molar-refractivity contribution is 6.01. The molecule has 3 atom stereocenters. The third-order valence-corrected chi connectivity index (χ3v) is 6.14. The van der Waals surface area contributed by atoms with Gasteiger partial charge >= 0.3 is 0 Å². The Morgan fingerprint density at radius 3 is 2.86 bits per heavy atom. The van der Waals surface area contributed by atoms with Crippen LogP contribution >= 0.6 is 0 Å². The summed E-state index contributed by atoms with van der Waals surface area (Å²) in [6.45, 7) is 9.69. The molecule has 0 aromatic heterocycles. The lowest BCUT2D eigenvalue weighted by Crippen LogP contribution is -2.49. The van der Waals surface area contributed by atoms with Crippen LogP contribution in [0.15, 0.2) is 30.5 Å². The summed E-state index contributed by atoms with van der Waals surface area (Å²) < 4.78 is 6.31. The highest BCUT2D eigenvalue weighted by atomic mass is 16.5. The van der Waals surface area contributed by atoms with E-state index in [1.54, 1.807) is 4.90 Å². The Balaban J connectivity index is 1.43. The normalized spacial score (nSPS) is 26.8. The highest BCUT2D eigenvalue weighted by Crippen LogP contribution is 2.32. The van der Waals surface area contributed by atoms with E-state index in [-0.39, 0.29) is 17.9 Å². The molecule has 4 rings (SSSR count). The molecule has 0 bridgehead atoms. The lowest BCUT2D eigenvalue weighted by Gasteiger charge is -2.30. The van der Waals surface area contributed by atoms with E-state index in [2.05, 4.69) is 31.1 Å². The van der Waals surface area contributed by atoms with Gasteiger partial charge in [0, 0.05) is 23.8 Å². The molecule has 6 nitrogen and oxygen atoms in total. The number of ether oxygens (including phenoxy) is 1. The average Bonchev–Trinajstić information content (AvgIpc) is 3.24. The van der Waals surface area contributed by atoms with Gasteiger partial charge in [-0.25, -0.2) is 0 Å². The van der Waals surface area contributed by atoms with Crippen molar-refractivity contribution in [3.8, 4) is 5.75 Å². The predicted octanol–water partition coefficient (Wildman–Crippen LogP) is 2.98. The highest BCUT2D eigenvalue weighted by Gasteiger charge is 2.38. The van der Waals surface area contributed by atoms with Gasteiger partial charge in [-0.2, -0.15) is 0 Å². The Bertz CT molecular complexity index is 820. The van der Waals surface area contributed by atoms with Gasteiger partial charge in [0.25, 0.3) is 5.91 Å². The number of nitrogens with one attached hydrogen (secondary N) is 2. The monoisotopic (exact) mass is 397 g/mol. The summed E-state index contributed by atoms with van der Waals surface area (Å²) in [5.41, 5.74) is 2.34. The number of hydrogen-bond acceptors (Lipinski definition) is 4. The Kier molecular flexibility index (Phi) is 5.63. The Morgan fingerprint density at radius 1 is 1.28 bits per heavy atom. The van der Waals surface area contributed by atoms with Crippen LogP contribution in [0.4, 0.5) is 0 Å². The maximum atomic E-state index is 12.9. The number of piperidine rings is 1. The van der Waals surface area contributed by atoms with Crippen LogP contribution in [0.3, 0.4) is 0 Å². The zero-order chi connectivity index (χ0) is 20.5. The first-order valence-electron chi connectivity index (χ1n) is 10.7. The predicted molar refractivity (Wildman–Crippen MR) is 112 cm³/mol. The molecule has 1 aromatic rings. The number of benzene rings is 1. The van der Waals surface area contributed by atoms with Gasteiger partial charge in [-0.05, 0) is 68.3 Å². The topological polar surface area (TPSA) is 70.7 Å². The van der Waals surface area contributed by atoms with Crippen LogP contribution in [0.1, 0.15) is 61.9 Å². The van der Waals surface area contributed by atoms with Gasteiger partial charge in [-0.15, -0.1) is 0 Å². The van der Waals surface area contributed by atoms with Gasteiger partial charge in [0.05, 0.1) is 0 Å². The fraction of sp³-hybridized carbons (Fsp3) is 0.565. The van der Waals surface area contributed by atoms with Gasteiger partial charge < -0.3 is 20.3 Å². The maximum Gasteiger partial charge on any atom is 0.255 e. The van der Waals surface area contributed by atoms with Gasteiger partial charge in [-0.1, -0.05) is 20.4 Å². The molecule has 1 saturated heterocycles. The number of allylic oxidation sites excluding steroid dienone is 1. The van der Waals surface area contributed by atoms with Crippen LogP contribution in [-0.4, -0.2) is 41.4 Å². The molecule has 6 heteroatoms. The van der Waals surface area contributed by atoms with Crippen LogP contribution in [-0.2, 0) is 11.3 Å². The van der Waals surface area contributed by atoms with Crippen molar-refractivity contribution in [3.63, 3.8) is 0 Å². The van der Waals surface area contributed by atoms with Crippen molar-refractivity contribution in [2.75, 3.05) is 6.54 Å². The van der Waals surface area contributed by atoms with Crippen molar-refractivity contribution in [2.24, 2.45) is 5.92 Å². The van der Waals surface area contributed by atoms with Crippen molar-refractivity contribution >= 4 is 11.8 Å². The Hall–Kier alpha value is -2.34. The zero-order valence-corrected chi connectivity index (χ0v) is 17.4. The molecule has 2 heterocycles. The van der Waals surface area contributed by atoms with Crippen molar-refractivity contribution in [2.45, 2.75) is 70.7 Å². The molecule has 1 aromatic carbocycles. The van der Waals surface area contributed by atoms with E-state index in [4.69, 9.17) is 4.74 Å². The lowest BCUT2D eigenvalue weighted by molar-refractivity contribution is -0.126. The van der Waals surface area contributed by atoms with Gasteiger partial charge in [-0.3, -0.25) is 9.59 Å². The molecule has 0 spiro atoms. The quantitative estimate of drug-likeness (QED) is 0.774. The standard InChI is InChI=1S/C23H31N3O3/c1-14(2)12-24-19-5-4-6-21(19)29-17-8-9-18-16(11-17)13-26(23(18)28)20-10-7-15(3)25-22(20)27/h8-9,11,14,19-21,24H,3-7,10,12-13H2,1-2H3,(H,25,27)/t19-,20?,21+/m0/s1. The molecular weight excluding hydrogens is 366 g/mol. The van der Waals surface area contributed by atoms with E-state index in [1.165, 1.54) is 6.42 Å². The first-order chi connectivity index (χ1) is 13.9. The minimum absolute atomic E-state index is 0.0726. The average molecular weight is 398 g/mol. The number of carbonyl (C=O) groups excluding carboxylic acids is 2. The smallest absolute Gasteiger partial charge is 0.255 e. The summed E-state index contributed by atoms with van der Waals surface area (Å²) in [5, 5.41) is 6.41. The van der Waals surface area contributed by atoms with Gasteiger partial charge in [0.15, 0.2) is 0 Å². The van der Waals surface area contributed by atoms with E-state index >= 15 is 0 Å². The number of nitrogens with zero attached hydrogens (tertiary/aromatic N) is 1. The minimum Gasteiger partial charge on any atom is -0.489 e. The fourth-order valence-electron chi connectivity index (χ4n) is 4.57. The molecule has 1 saturated carbocycles. The number of fused-ring (bicyclic) bond motifs is 1. The van der Waals surface area contributed by atoms with E-state index < -0.39 is 6.04 Å². The zero-order valence-electron chi connectivity index (χ0n) is 17.4. The summed E-state index contributed by atoms with van der Waals surface area (Å²) >= 11 is 0. The summed E-state index contributed by atoms with van der Waals surface area (Å²) in [6.07, 6.45) is 4.84. The second kappa shape index (κ2) is 8.19. The van der Waals surface area contributed by atoms with E-state index in [9.17, 15) is 9.59 Å². The summed E-state index contributed by atoms with van der Waals surface area (Å²) in [7, 11) is 0. The molecule has 0 radical (unpaired) electrons. The van der Waals surface area contributed by atoms with Crippen LogP contribution in [0.25, 0.3) is 0 Å². The molecule has 2 N–H and O–H groups in total. The molecule has 156 valence electrons. The first-order valence-corrected chi connectivity index (χ1v) is 10.7. The number of carbonyl (C=O) groups is 2. The van der Waals surface area contributed by atoms with Crippen LogP contribution in [0.5, 0.6) is 5.75 Å². The lowest BCUT2D eigenvalue weighted by atomic mass is 10.0. The van der Waals surface area contributed by atoms with E-state index in [0.29, 0.717) is 36.9 Å². The van der Waals surface area contributed by atoms with Crippen molar-refractivity contribution < 1.29 is 14.3 Å². The second-order valence-corrected chi connectivity index (χ2v) is 8.90. The first kappa shape index (κ1) is 20.0. The van der Waals surface area contributed by atoms with E-state index in [0.717, 1.165) is 36.4 Å². The molecular formula is C23H31N3O3. The third kappa shape index (κ3) is 4.17. The van der Waals surface area contributed by atoms with Crippen molar-refractivity contribution in [3.05, 3.63) is 41.6 Å². The van der Waals surface area contributed by atoms with Crippen molar-refractivity contribution in [1.29, 1.82) is 0 Å². The molecule has 1 aliphatic carbocycles. The van der Waals surface area contributed by atoms with Crippen LogP contribution < -0.4 is 15.4 Å². The summed E-state index contributed by atoms with van der Waals surface area (Å²) in [5.74, 6) is 1.21. The Morgan fingerprint density at radius 2 is 2.10 bits per heavy atom. The van der Waals surface area contributed by atoms with Crippen LogP contribution in [0, 0.1) is 5.92 Å². The largest absolute Gasteiger partial charge is 0.489 e. The number of rotatable bonds is 6. The molecule has 2 aliphatic heterocycles. The summed E-state index contributed by atoms with van der Waals surface area (Å²) in [4.78, 5) is 26.9. The third-order valence-electron chi connectivity index (χ3n) is 6.14. The fourth-order valence-corrected chi connectivity index (χ4v) is 4.57. The minimum atomic E-state index is -0.427. The van der Waals surface area contributed by atoms with Gasteiger partial charge in [0.1, 0.15) is 17.9 Å². The molecule has 3 aliphatic rings. The van der Waals surface area contributed by atoms with Crippen LogP contribution in [0.2, 0.25) is 0 Å². The SMILES string of the molecule is C=C1CCC(N2Cc3cc(O[C@@H]4CCC[C@@H]4NCC(C)C)ccc3C2=O)C(=O)N1. The molecule has 1 unspecified atom stereocenters. The number of hydrogen-bond donors (Lipinski definition) is 2. The van der Waals surface area contributed by atoms with E-state index in [1.807, 2.05) is 18.2 Å². The summed E-state index contributed by atoms with van der Waals surface area (Å²) in [6, 6.07) is 5.66. The molecule has 2 fully saturated rings. The molecule has 29 heavy (non-hydrogen) atoms. The van der Waals surface area contributed by atoms with Gasteiger partial charge in [0.2, 0.25) is 5.91 Å². The second-order valence-electron chi connectivity index (χ2n) is 8.90. The Labute approximate surface area is 172 Å².